The van der Waals surface area contributed by atoms with Gasteiger partial charge in [0.2, 0.25) is 0 Å². The number of guanidine groups is 1. The van der Waals surface area contributed by atoms with Crippen molar-refractivity contribution in [2.45, 2.75) is 33.1 Å². The Kier molecular flexibility index (Phi) is 10.0. The summed E-state index contributed by atoms with van der Waals surface area (Å²) in [6.07, 6.45) is 5.31. The first-order valence-electron chi connectivity index (χ1n) is 8.35. The van der Waals surface area contributed by atoms with Crippen LogP contribution in [-0.4, -0.2) is 55.6 Å². The van der Waals surface area contributed by atoms with Crippen molar-refractivity contribution in [3.05, 3.63) is 16.1 Å². The molecule has 0 aliphatic carbocycles. The fraction of sp³-hybridized carbons (Fsp3) is 0.750. The second-order valence-corrected chi connectivity index (χ2v) is 6.95. The number of nitrogens with zero attached hydrogens (tertiary/aromatic N) is 3. The summed E-state index contributed by atoms with van der Waals surface area (Å²) in [5, 5.41) is 8.04. The van der Waals surface area contributed by atoms with Crippen LogP contribution in [0.3, 0.4) is 0 Å². The molecule has 23 heavy (non-hydrogen) atoms. The van der Waals surface area contributed by atoms with Gasteiger partial charge in [-0.15, -0.1) is 35.3 Å². The van der Waals surface area contributed by atoms with Crippen molar-refractivity contribution in [3.63, 3.8) is 0 Å². The summed E-state index contributed by atoms with van der Waals surface area (Å²) >= 11 is 1.81. The van der Waals surface area contributed by atoms with Gasteiger partial charge in [0, 0.05) is 44.2 Å². The van der Waals surface area contributed by atoms with Crippen LogP contribution in [0, 0.1) is 5.92 Å². The number of halogens is 1. The molecule has 1 aromatic heterocycles. The molecule has 0 saturated carbocycles. The maximum atomic E-state index is 4.45. The SMILES string of the molecule is CCc1cnc(CCNC(=NC)NCC2CCN(CC)C2)s1.I. The van der Waals surface area contributed by atoms with E-state index in [0.29, 0.717) is 0 Å². The Bertz CT molecular complexity index is 477. The summed E-state index contributed by atoms with van der Waals surface area (Å²) in [6.45, 7) is 9.90. The van der Waals surface area contributed by atoms with E-state index in [9.17, 15) is 0 Å². The molecule has 2 heterocycles. The standard InChI is InChI=1S/C16H29N5S.HI/c1-4-14-11-19-15(22-14)6-8-18-16(17-3)20-10-13-7-9-21(5-2)12-13;/h11,13H,4-10,12H2,1-3H3,(H2,17,18,20);1H. The monoisotopic (exact) mass is 451 g/mol. The molecule has 5 nitrogen and oxygen atoms in total. The normalized spacial score (nSPS) is 18.7. The lowest BCUT2D eigenvalue weighted by atomic mass is 10.1. The third kappa shape index (κ3) is 6.93. The largest absolute Gasteiger partial charge is 0.356 e. The molecule has 7 heteroatoms. The highest BCUT2D eigenvalue weighted by Gasteiger charge is 2.20. The lowest BCUT2D eigenvalue weighted by molar-refractivity contribution is 0.342. The first-order chi connectivity index (χ1) is 10.7. The average molecular weight is 451 g/mol. The van der Waals surface area contributed by atoms with Crippen LogP contribution in [0.5, 0.6) is 0 Å². The summed E-state index contributed by atoms with van der Waals surface area (Å²) in [5.41, 5.74) is 0. The zero-order valence-corrected chi connectivity index (χ0v) is 17.6. The van der Waals surface area contributed by atoms with Crippen LogP contribution in [-0.2, 0) is 12.8 Å². The molecular weight excluding hydrogens is 421 g/mol. The average Bonchev–Trinajstić information content (AvgIpc) is 3.19. The van der Waals surface area contributed by atoms with Gasteiger partial charge in [-0.1, -0.05) is 13.8 Å². The molecule has 1 unspecified atom stereocenters. The van der Waals surface area contributed by atoms with Crippen molar-refractivity contribution >= 4 is 41.3 Å². The van der Waals surface area contributed by atoms with Crippen LogP contribution in [0.25, 0.3) is 0 Å². The minimum Gasteiger partial charge on any atom is -0.356 e. The molecule has 1 atom stereocenters. The molecule has 132 valence electrons. The number of hydrogen-bond acceptors (Lipinski definition) is 4. The fourth-order valence-electron chi connectivity index (χ4n) is 2.74. The second-order valence-electron chi connectivity index (χ2n) is 5.75. The van der Waals surface area contributed by atoms with E-state index in [-0.39, 0.29) is 24.0 Å². The molecule has 0 amide bonds. The molecule has 1 saturated heterocycles. The number of aryl methyl sites for hydroxylation is 1. The number of likely N-dealkylation sites (tertiary alicyclic amines) is 1. The van der Waals surface area contributed by atoms with Gasteiger partial charge in [-0.2, -0.15) is 0 Å². The summed E-state index contributed by atoms with van der Waals surface area (Å²) in [7, 11) is 1.83. The van der Waals surface area contributed by atoms with Crippen LogP contribution in [0.15, 0.2) is 11.2 Å². The van der Waals surface area contributed by atoms with E-state index < -0.39 is 0 Å². The van der Waals surface area contributed by atoms with E-state index in [4.69, 9.17) is 0 Å². The number of nitrogens with one attached hydrogen (secondary N) is 2. The molecule has 0 bridgehead atoms. The van der Waals surface area contributed by atoms with Crippen molar-refractivity contribution in [1.29, 1.82) is 0 Å². The fourth-order valence-corrected chi connectivity index (χ4v) is 3.61. The number of aromatic nitrogens is 1. The van der Waals surface area contributed by atoms with Crippen molar-refractivity contribution in [2.24, 2.45) is 10.9 Å². The van der Waals surface area contributed by atoms with Crippen molar-refractivity contribution < 1.29 is 0 Å². The number of rotatable bonds is 7. The summed E-state index contributed by atoms with van der Waals surface area (Å²) in [5.74, 6) is 1.65. The Morgan fingerprint density at radius 2 is 2.26 bits per heavy atom. The van der Waals surface area contributed by atoms with E-state index in [2.05, 4.69) is 39.4 Å². The van der Waals surface area contributed by atoms with Gasteiger partial charge in [-0.05, 0) is 31.8 Å². The van der Waals surface area contributed by atoms with E-state index in [1.54, 1.807) is 0 Å². The van der Waals surface area contributed by atoms with Gasteiger partial charge in [0.25, 0.3) is 0 Å². The number of thiazole rings is 1. The lowest BCUT2D eigenvalue weighted by Crippen LogP contribution is -2.41. The molecule has 2 rings (SSSR count). The third-order valence-corrected chi connectivity index (χ3v) is 5.38. The smallest absolute Gasteiger partial charge is 0.191 e. The number of hydrogen-bond donors (Lipinski definition) is 2. The van der Waals surface area contributed by atoms with E-state index in [1.807, 2.05) is 24.6 Å². The Hall–Kier alpha value is -0.410. The minimum atomic E-state index is 0. The molecule has 1 aromatic rings. The maximum Gasteiger partial charge on any atom is 0.191 e. The molecule has 1 aliphatic rings. The molecule has 0 radical (unpaired) electrons. The first-order valence-corrected chi connectivity index (χ1v) is 9.17. The van der Waals surface area contributed by atoms with Gasteiger partial charge >= 0.3 is 0 Å². The molecule has 2 N–H and O–H groups in total. The van der Waals surface area contributed by atoms with E-state index in [0.717, 1.165) is 44.4 Å². The van der Waals surface area contributed by atoms with E-state index in [1.165, 1.54) is 29.4 Å². The zero-order valence-electron chi connectivity index (χ0n) is 14.5. The second kappa shape index (κ2) is 11.2. The van der Waals surface area contributed by atoms with Crippen LogP contribution in [0.1, 0.15) is 30.2 Å². The summed E-state index contributed by atoms with van der Waals surface area (Å²) in [4.78, 5) is 12.6. The molecule has 0 aromatic carbocycles. The van der Waals surface area contributed by atoms with Gasteiger partial charge in [0.15, 0.2) is 5.96 Å². The predicted octanol–water partition coefficient (Wildman–Crippen LogP) is 2.37. The van der Waals surface area contributed by atoms with Gasteiger partial charge in [-0.3, -0.25) is 4.99 Å². The zero-order chi connectivity index (χ0) is 15.8. The Labute approximate surface area is 161 Å². The highest BCUT2D eigenvalue weighted by molar-refractivity contribution is 14.0. The third-order valence-electron chi connectivity index (χ3n) is 4.18. The molecule has 0 spiro atoms. The molecule has 1 fully saturated rings. The quantitative estimate of drug-likeness (QED) is 0.380. The maximum absolute atomic E-state index is 4.45. The van der Waals surface area contributed by atoms with Gasteiger partial charge in [-0.25, -0.2) is 4.98 Å². The molecular formula is C16H30IN5S. The lowest BCUT2D eigenvalue weighted by Gasteiger charge is -2.16. The minimum absolute atomic E-state index is 0. The predicted molar refractivity (Wildman–Crippen MR) is 110 cm³/mol. The van der Waals surface area contributed by atoms with Crippen LogP contribution >= 0.6 is 35.3 Å². The van der Waals surface area contributed by atoms with Crippen molar-refractivity contribution in [3.8, 4) is 0 Å². The first kappa shape index (κ1) is 20.6. The Balaban J connectivity index is 0.00000264. The highest BCUT2D eigenvalue weighted by atomic mass is 127. The van der Waals surface area contributed by atoms with Crippen LogP contribution < -0.4 is 10.6 Å². The van der Waals surface area contributed by atoms with Crippen molar-refractivity contribution in [1.82, 2.24) is 20.5 Å². The Morgan fingerprint density at radius 1 is 1.43 bits per heavy atom. The van der Waals surface area contributed by atoms with Crippen LogP contribution in [0.4, 0.5) is 0 Å². The van der Waals surface area contributed by atoms with Crippen LogP contribution in [0.2, 0.25) is 0 Å². The Morgan fingerprint density at radius 3 is 2.87 bits per heavy atom. The summed E-state index contributed by atoms with van der Waals surface area (Å²) < 4.78 is 0. The number of aliphatic imine (C=N–C) groups is 1. The molecule has 1 aliphatic heterocycles. The van der Waals surface area contributed by atoms with Gasteiger partial charge < -0.3 is 15.5 Å². The van der Waals surface area contributed by atoms with Gasteiger partial charge in [0.1, 0.15) is 0 Å². The van der Waals surface area contributed by atoms with Crippen molar-refractivity contribution in [2.75, 3.05) is 39.8 Å². The van der Waals surface area contributed by atoms with E-state index >= 15 is 0 Å². The highest BCUT2D eigenvalue weighted by Crippen LogP contribution is 2.14. The van der Waals surface area contributed by atoms with Gasteiger partial charge in [0.05, 0.1) is 5.01 Å². The topological polar surface area (TPSA) is 52.6 Å². The summed E-state index contributed by atoms with van der Waals surface area (Å²) in [6, 6.07) is 0.